The molecule has 27 heavy (non-hydrogen) atoms. The lowest BCUT2D eigenvalue weighted by Gasteiger charge is -2.27. The van der Waals surface area contributed by atoms with Crippen LogP contribution in [0.25, 0.3) is 0 Å². The van der Waals surface area contributed by atoms with Crippen molar-refractivity contribution < 1.29 is 9.59 Å². The van der Waals surface area contributed by atoms with Crippen molar-refractivity contribution in [2.45, 2.75) is 19.4 Å². The van der Waals surface area contributed by atoms with E-state index in [-0.39, 0.29) is 17.9 Å². The zero-order chi connectivity index (χ0) is 18.8. The summed E-state index contributed by atoms with van der Waals surface area (Å²) in [6.07, 6.45) is 0.346. The fraction of sp³-hybridized carbons (Fsp3) is 0.333. The molecule has 2 aliphatic rings. The topological polar surface area (TPSA) is 73.5 Å². The van der Waals surface area contributed by atoms with Gasteiger partial charge in [0.15, 0.2) is 0 Å². The maximum absolute atomic E-state index is 12.7. The minimum absolute atomic E-state index is 0.00730. The number of benzene rings is 2. The molecule has 0 radical (unpaired) electrons. The van der Waals surface area contributed by atoms with Crippen LogP contribution in [-0.4, -0.2) is 42.9 Å². The third kappa shape index (κ3) is 3.80. The zero-order valence-electron chi connectivity index (χ0n) is 15.4. The minimum Gasteiger partial charge on any atom is -0.376 e. The molecule has 2 heterocycles. The third-order valence-corrected chi connectivity index (χ3v) is 5.14. The van der Waals surface area contributed by atoms with Crippen LogP contribution < -0.4 is 16.0 Å². The van der Waals surface area contributed by atoms with E-state index in [1.807, 2.05) is 36.1 Å². The van der Waals surface area contributed by atoms with E-state index < -0.39 is 0 Å². The van der Waals surface area contributed by atoms with Crippen molar-refractivity contribution in [2.75, 3.05) is 36.8 Å². The van der Waals surface area contributed by atoms with Crippen molar-refractivity contribution in [1.29, 1.82) is 0 Å². The number of anilines is 2. The number of hydrogen-bond acceptors (Lipinski definition) is 4. The SMILES string of the molecule is Cc1ccc(C2CC(=O)Nc3cc(C(=O)N4CCNCC4)ccc3N2)cc1. The molecule has 2 amide bonds. The number of aryl methyl sites for hydroxylation is 1. The molecule has 6 nitrogen and oxygen atoms in total. The van der Waals surface area contributed by atoms with Gasteiger partial charge in [0.2, 0.25) is 5.91 Å². The normalized spacial score (nSPS) is 19.5. The molecule has 2 aliphatic heterocycles. The highest BCUT2D eigenvalue weighted by atomic mass is 16.2. The molecule has 0 saturated carbocycles. The lowest BCUT2D eigenvalue weighted by molar-refractivity contribution is -0.116. The standard InChI is InChI=1S/C21H24N4O2/c1-14-2-4-15(5-3-14)18-13-20(26)24-19-12-16(6-7-17(19)23-18)21(27)25-10-8-22-9-11-25/h2-7,12,18,22-23H,8-11,13H2,1H3,(H,24,26). The van der Waals surface area contributed by atoms with Crippen molar-refractivity contribution in [3.05, 3.63) is 59.2 Å². The van der Waals surface area contributed by atoms with Gasteiger partial charge in [0, 0.05) is 31.7 Å². The molecular weight excluding hydrogens is 340 g/mol. The largest absolute Gasteiger partial charge is 0.376 e. The van der Waals surface area contributed by atoms with Gasteiger partial charge < -0.3 is 20.9 Å². The van der Waals surface area contributed by atoms with Gasteiger partial charge in [-0.1, -0.05) is 29.8 Å². The molecule has 6 heteroatoms. The summed E-state index contributed by atoms with van der Waals surface area (Å²) < 4.78 is 0. The van der Waals surface area contributed by atoms with Crippen LogP contribution >= 0.6 is 0 Å². The first kappa shape index (κ1) is 17.5. The number of hydrogen-bond donors (Lipinski definition) is 3. The quantitative estimate of drug-likeness (QED) is 0.766. The fourth-order valence-electron chi connectivity index (χ4n) is 3.58. The predicted molar refractivity (Wildman–Crippen MR) is 106 cm³/mol. The number of nitrogens with one attached hydrogen (secondary N) is 3. The molecule has 2 aromatic rings. The summed E-state index contributed by atoms with van der Waals surface area (Å²) in [5.41, 5.74) is 4.36. The van der Waals surface area contributed by atoms with Gasteiger partial charge in [-0.2, -0.15) is 0 Å². The van der Waals surface area contributed by atoms with E-state index in [1.165, 1.54) is 5.56 Å². The number of nitrogens with zero attached hydrogens (tertiary/aromatic N) is 1. The average Bonchev–Trinajstić information content (AvgIpc) is 2.86. The fourth-order valence-corrected chi connectivity index (χ4v) is 3.58. The second kappa shape index (κ2) is 7.40. The second-order valence-corrected chi connectivity index (χ2v) is 7.16. The van der Waals surface area contributed by atoms with Gasteiger partial charge in [0.1, 0.15) is 0 Å². The molecule has 1 saturated heterocycles. The Morgan fingerprint density at radius 2 is 1.78 bits per heavy atom. The van der Waals surface area contributed by atoms with Crippen LogP contribution in [0.1, 0.15) is 33.9 Å². The van der Waals surface area contributed by atoms with Gasteiger partial charge in [0.05, 0.1) is 23.8 Å². The average molecular weight is 364 g/mol. The highest BCUT2D eigenvalue weighted by molar-refractivity contribution is 6.01. The Hall–Kier alpha value is -2.86. The van der Waals surface area contributed by atoms with Crippen LogP contribution in [0.2, 0.25) is 0 Å². The van der Waals surface area contributed by atoms with Crippen molar-refractivity contribution >= 4 is 23.2 Å². The molecule has 140 valence electrons. The second-order valence-electron chi connectivity index (χ2n) is 7.16. The van der Waals surface area contributed by atoms with Crippen LogP contribution in [0.5, 0.6) is 0 Å². The Morgan fingerprint density at radius 1 is 1.04 bits per heavy atom. The molecule has 0 aliphatic carbocycles. The molecule has 3 N–H and O–H groups in total. The Bertz CT molecular complexity index is 857. The summed E-state index contributed by atoms with van der Waals surface area (Å²) >= 11 is 0. The summed E-state index contributed by atoms with van der Waals surface area (Å²) in [5, 5.41) is 9.65. The Morgan fingerprint density at radius 3 is 2.52 bits per heavy atom. The number of carbonyl (C=O) groups excluding carboxylic acids is 2. The molecule has 4 rings (SSSR count). The van der Waals surface area contributed by atoms with Crippen LogP contribution in [0, 0.1) is 6.92 Å². The van der Waals surface area contributed by atoms with Crippen LogP contribution in [-0.2, 0) is 4.79 Å². The van der Waals surface area contributed by atoms with Gasteiger partial charge in [-0.3, -0.25) is 9.59 Å². The van der Waals surface area contributed by atoms with E-state index >= 15 is 0 Å². The lowest BCUT2D eigenvalue weighted by atomic mass is 10.0. The van der Waals surface area contributed by atoms with Crippen molar-refractivity contribution in [2.24, 2.45) is 0 Å². The van der Waals surface area contributed by atoms with Crippen LogP contribution in [0.4, 0.5) is 11.4 Å². The van der Waals surface area contributed by atoms with Gasteiger partial charge in [-0.25, -0.2) is 0 Å². The molecule has 0 spiro atoms. The molecule has 2 aromatic carbocycles. The number of rotatable bonds is 2. The summed E-state index contributed by atoms with van der Waals surface area (Å²) in [7, 11) is 0. The monoisotopic (exact) mass is 364 g/mol. The summed E-state index contributed by atoms with van der Waals surface area (Å²) in [4.78, 5) is 27.0. The summed E-state index contributed by atoms with van der Waals surface area (Å²) in [6, 6.07) is 13.6. The number of piperazine rings is 1. The lowest BCUT2D eigenvalue weighted by Crippen LogP contribution is -2.46. The molecular formula is C21H24N4O2. The van der Waals surface area contributed by atoms with E-state index in [0.29, 0.717) is 30.8 Å². The van der Waals surface area contributed by atoms with Crippen molar-refractivity contribution in [1.82, 2.24) is 10.2 Å². The molecule has 1 atom stereocenters. The first-order valence-electron chi connectivity index (χ1n) is 9.37. The summed E-state index contributed by atoms with van der Waals surface area (Å²) in [6.45, 7) is 5.08. The minimum atomic E-state index is -0.0958. The van der Waals surface area contributed by atoms with E-state index in [2.05, 4.69) is 28.1 Å². The molecule has 1 fully saturated rings. The Labute approximate surface area is 158 Å². The molecule has 0 bridgehead atoms. The maximum atomic E-state index is 12.7. The van der Waals surface area contributed by atoms with Gasteiger partial charge in [-0.05, 0) is 30.7 Å². The van der Waals surface area contributed by atoms with E-state index in [0.717, 1.165) is 24.3 Å². The van der Waals surface area contributed by atoms with Crippen LogP contribution in [0.15, 0.2) is 42.5 Å². The zero-order valence-corrected chi connectivity index (χ0v) is 15.4. The Kier molecular flexibility index (Phi) is 4.81. The third-order valence-electron chi connectivity index (χ3n) is 5.14. The first-order valence-corrected chi connectivity index (χ1v) is 9.37. The van der Waals surface area contributed by atoms with E-state index in [1.54, 1.807) is 6.07 Å². The highest BCUT2D eigenvalue weighted by Crippen LogP contribution is 2.33. The van der Waals surface area contributed by atoms with Crippen molar-refractivity contribution in [3.63, 3.8) is 0 Å². The Balaban J connectivity index is 1.59. The number of amides is 2. The number of carbonyl (C=O) groups is 2. The smallest absolute Gasteiger partial charge is 0.254 e. The van der Waals surface area contributed by atoms with Crippen LogP contribution in [0.3, 0.4) is 0 Å². The van der Waals surface area contributed by atoms with Gasteiger partial charge in [0.25, 0.3) is 5.91 Å². The van der Waals surface area contributed by atoms with E-state index in [9.17, 15) is 9.59 Å². The molecule has 0 aromatic heterocycles. The number of fused-ring (bicyclic) bond motifs is 1. The predicted octanol–water partition coefficient (Wildman–Crippen LogP) is 2.54. The first-order chi connectivity index (χ1) is 13.1. The highest BCUT2D eigenvalue weighted by Gasteiger charge is 2.24. The summed E-state index contributed by atoms with van der Waals surface area (Å²) in [5.74, 6) is -0.0496. The molecule has 1 unspecified atom stereocenters. The van der Waals surface area contributed by atoms with E-state index in [4.69, 9.17) is 0 Å². The van der Waals surface area contributed by atoms with Gasteiger partial charge >= 0.3 is 0 Å². The van der Waals surface area contributed by atoms with Crippen molar-refractivity contribution in [3.8, 4) is 0 Å². The maximum Gasteiger partial charge on any atom is 0.254 e. The van der Waals surface area contributed by atoms with Gasteiger partial charge in [-0.15, -0.1) is 0 Å².